The molecule has 1 amide bonds. The summed E-state index contributed by atoms with van der Waals surface area (Å²) in [6, 6.07) is 8.13. The van der Waals surface area contributed by atoms with Crippen LogP contribution in [0.15, 0.2) is 30.3 Å². The van der Waals surface area contributed by atoms with Crippen LogP contribution < -0.4 is 0 Å². The van der Waals surface area contributed by atoms with Crippen LogP contribution >= 0.6 is 0 Å². The Morgan fingerprint density at radius 1 is 1.29 bits per heavy atom. The predicted molar refractivity (Wildman–Crippen MR) is 72.8 cm³/mol. The third-order valence-electron chi connectivity index (χ3n) is 2.72. The first-order valence-corrected chi connectivity index (χ1v) is 6.13. The van der Waals surface area contributed by atoms with E-state index in [0.717, 1.165) is 24.9 Å². The molecular formula is C15H21NO. The van der Waals surface area contributed by atoms with Crippen LogP contribution in [0, 0.1) is 6.92 Å². The highest BCUT2D eigenvalue weighted by molar-refractivity contribution is 5.91. The minimum absolute atomic E-state index is 0.0685. The summed E-state index contributed by atoms with van der Waals surface area (Å²) >= 11 is 0. The fourth-order valence-corrected chi connectivity index (χ4v) is 1.48. The molecular weight excluding hydrogens is 210 g/mol. The van der Waals surface area contributed by atoms with Crippen LogP contribution in [0.5, 0.6) is 0 Å². The maximum absolute atomic E-state index is 11.7. The number of carbonyl (C=O) groups is 1. The molecule has 0 aliphatic carbocycles. The van der Waals surface area contributed by atoms with Crippen molar-refractivity contribution in [1.29, 1.82) is 0 Å². The normalized spacial score (nSPS) is 10.8. The van der Waals surface area contributed by atoms with Crippen molar-refractivity contribution in [2.45, 2.75) is 26.7 Å². The van der Waals surface area contributed by atoms with Gasteiger partial charge in [-0.3, -0.25) is 4.79 Å². The highest BCUT2D eigenvalue weighted by Crippen LogP contribution is 2.05. The Morgan fingerprint density at radius 2 is 1.94 bits per heavy atom. The van der Waals surface area contributed by atoms with Crippen molar-refractivity contribution in [1.82, 2.24) is 4.90 Å². The van der Waals surface area contributed by atoms with Gasteiger partial charge in [-0.1, -0.05) is 43.2 Å². The molecule has 0 fully saturated rings. The molecule has 1 rings (SSSR count). The molecule has 2 heteroatoms. The molecule has 0 spiro atoms. The number of carbonyl (C=O) groups excluding carboxylic acids is 1. The monoisotopic (exact) mass is 231 g/mol. The van der Waals surface area contributed by atoms with Gasteiger partial charge in [0.2, 0.25) is 5.91 Å². The van der Waals surface area contributed by atoms with E-state index in [-0.39, 0.29) is 5.91 Å². The van der Waals surface area contributed by atoms with Crippen molar-refractivity contribution in [3.8, 4) is 0 Å². The van der Waals surface area contributed by atoms with Crippen LogP contribution in [-0.4, -0.2) is 24.4 Å². The lowest BCUT2D eigenvalue weighted by molar-refractivity contribution is -0.124. The Labute approximate surface area is 104 Å². The second-order valence-corrected chi connectivity index (χ2v) is 4.36. The van der Waals surface area contributed by atoms with Gasteiger partial charge >= 0.3 is 0 Å². The molecule has 0 heterocycles. The molecule has 0 N–H and O–H groups in total. The summed E-state index contributed by atoms with van der Waals surface area (Å²) in [5.41, 5.74) is 2.29. The fraction of sp³-hybridized carbons (Fsp3) is 0.400. The molecule has 0 radical (unpaired) electrons. The Kier molecular flexibility index (Phi) is 5.47. The number of amides is 1. The van der Waals surface area contributed by atoms with Crippen LogP contribution in [0.3, 0.4) is 0 Å². The molecule has 92 valence electrons. The molecule has 0 unspecified atom stereocenters. The average molecular weight is 231 g/mol. The van der Waals surface area contributed by atoms with Crippen LogP contribution in [0.1, 0.15) is 30.9 Å². The van der Waals surface area contributed by atoms with E-state index in [2.05, 4.69) is 13.8 Å². The molecule has 0 aromatic heterocycles. The Bertz CT molecular complexity index is 378. The fourth-order valence-electron chi connectivity index (χ4n) is 1.48. The van der Waals surface area contributed by atoms with E-state index in [1.807, 2.05) is 37.4 Å². The summed E-state index contributed by atoms with van der Waals surface area (Å²) in [6.07, 6.45) is 5.67. The van der Waals surface area contributed by atoms with Gasteiger partial charge in [-0.05, 0) is 25.0 Å². The number of rotatable bonds is 5. The molecule has 0 saturated heterocycles. The second kappa shape index (κ2) is 6.89. The van der Waals surface area contributed by atoms with Crippen molar-refractivity contribution in [2.75, 3.05) is 13.6 Å². The summed E-state index contributed by atoms with van der Waals surface area (Å²) in [6.45, 7) is 5.01. The number of unbranched alkanes of at least 4 members (excludes halogenated alkanes) is 1. The number of aryl methyl sites for hydroxylation is 1. The molecule has 0 aliphatic rings. The van der Waals surface area contributed by atoms with Gasteiger partial charge in [-0.15, -0.1) is 0 Å². The van der Waals surface area contributed by atoms with E-state index in [4.69, 9.17) is 0 Å². The first-order chi connectivity index (χ1) is 8.13. The Balaban J connectivity index is 2.52. The summed E-state index contributed by atoms with van der Waals surface area (Å²) in [5, 5.41) is 0. The topological polar surface area (TPSA) is 20.3 Å². The van der Waals surface area contributed by atoms with E-state index < -0.39 is 0 Å². The van der Waals surface area contributed by atoms with Crippen molar-refractivity contribution >= 4 is 12.0 Å². The summed E-state index contributed by atoms with van der Waals surface area (Å²) in [7, 11) is 1.84. The quantitative estimate of drug-likeness (QED) is 0.712. The molecule has 1 aromatic carbocycles. The molecule has 0 bridgehead atoms. The number of hydrogen-bond donors (Lipinski definition) is 0. The molecule has 0 aliphatic heterocycles. The number of hydrogen-bond acceptors (Lipinski definition) is 1. The highest BCUT2D eigenvalue weighted by atomic mass is 16.2. The minimum Gasteiger partial charge on any atom is -0.342 e. The third-order valence-corrected chi connectivity index (χ3v) is 2.72. The first-order valence-electron chi connectivity index (χ1n) is 6.13. The zero-order valence-corrected chi connectivity index (χ0v) is 10.9. The van der Waals surface area contributed by atoms with Crippen LogP contribution in [0.4, 0.5) is 0 Å². The van der Waals surface area contributed by atoms with E-state index in [9.17, 15) is 4.79 Å². The standard InChI is InChI=1S/C15H21NO/c1-4-5-12-16(3)15(17)11-10-14-8-6-13(2)7-9-14/h6-11H,4-5,12H2,1-3H3/b11-10+. The third kappa shape index (κ3) is 4.85. The Morgan fingerprint density at radius 3 is 2.53 bits per heavy atom. The van der Waals surface area contributed by atoms with Gasteiger partial charge in [0.1, 0.15) is 0 Å². The van der Waals surface area contributed by atoms with Gasteiger partial charge in [-0.25, -0.2) is 0 Å². The van der Waals surface area contributed by atoms with E-state index in [1.54, 1.807) is 11.0 Å². The van der Waals surface area contributed by atoms with E-state index in [0.29, 0.717) is 0 Å². The van der Waals surface area contributed by atoms with Crippen LogP contribution in [0.25, 0.3) is 6.08 Å². The second-order valence-electron chi connectivity index (χ2n) is 4.36. The summed E-state index contributed by atoms with van der Waals surface area (Å²) < 4.78 is 0. The van der Waals surface area contributed by atoms with Crippen molar-refractivity contribution in [3.63, 3.8) is 0 Å². The first kappa shape index (κ1) is 13.5. The lowest BCUT2D eigenvalue weighted by Gasteiger charge is -2.13. The zero-order chi connectivity index (χ0) is 12.7. The van der Waals surface area contributed by atoms with Crippen LogP contribution in [0.2, 0.25) is 0 Å². The van der Waals surface area contributed by atoms with Crippen molar-refractivity contribution < 1.29 is 4.79 Å². The van der Waals surface area contributed by atoms with Crippen molar-refractivity contribution in [3.05, 3.63) is 41.5 Å². The molecule has 1 aromatic rings. The lowest BCUT2D eigenvalue weighted by Crippen LogP contribution is -2.25. The Hall–Kier alpha value is -1.57. The number of nitrogens with zero attached hydrogens (tertiary/aromatic N) is 1. The maximum Gasteiger partial charge on any atom is 0.246 e. The molecule has 0 saturated carbocycles. The number of benzene rings is 1. The lowest BCUT2D eigenvalue weighted by atomic mass is 10.1. The smallest absolute Gasteiger partial charge is 0.246 e. The summed E-state index contributed by atoms with van der Waals surface area (Å²) in [5.74, 6) is 0.0685. The van der Waals surface area contributed by atoms with Crippen LogP contribution in [-0.2, 0) is 4.79 Å². The molecule has 2 nitrogen and oxygen atoms in total. The van der Waals surface area contributed by atoms with Gasteiger partial charge in [0, 0.05) is 19.7 Å². The van der Waals surface area contributed by atoms with E-state index >= 15 is 0 Å². The molecule has 17 heavy (non-hydrogen) atoms. The average Bonchev–Trinajstić information content (AvgIpc) is 2.34. The van der Waals surface area contributed by atoms with E-state index in [1.165, 1.54) is 5.56 Å². The van der Waals surface area contributed by atoms with Crippen molar-refractivity contribution in [2.24, 2.45) is 0 Å². The predicted octanol–water partition coefficient (Wildman–Crippen LogP) is 3.27. The zero-order valence-electron chi connectivity index (χ0n) is 10.9. The van der Waals surface area contributed by atoms with Gasteiger partial charge in [0.15, 0.2) is 0 Å². The van der Waals surface area contributed by atoms with Gasteiger partial charge in [0.25, 0.3) is 0 Å². The van der Waals surface area contributed by atoms with Gasteiger partial charge in [0.05, 0.1) is 0 Å². The number of likely N-dealkylation sites (N-methyl/N-ethyl adjacent to an activating group) is 1. The molecule has 0 atom stereocenters. The highest BCUT2D eigenvalue weighted by Gasteiger charge is 2.02. The minimum atomic E-state index is 0.0685. The van der Waals surface area contributed by atoms with Gasteiger partial charge < -0.3 is 4.90 Å². The largest absolute Gasteiger partial charge is 0.342 e. The summed E-state index contributed by atoms with van der Waals surface area (Å²) in [4.78, 5) is 13.5. The SMILES string of the molecule is CCCCN(C)C(=O)/C=C/c1ccc(C)cc1. The maximum atomic E-state index is 11.7. The van der Waals surface area contributed by atoms with Gasteiger partial charge in [-0.2, -0.15) is 0 Å².